The molecule has 5 heteroatoms. The lowest BCUT2D eigenvalue weighted by molar-refractivity contribution is -0.385. The third-order valence-corrected chi connectivity index (χ3v) is 2.49. The molecule has 0 heterocycles. The molecule has 5 nitrogen and oxygen atoms in total. The summed E-state index contributed by atoms with van der Waals surface area (Å²) >= 11 is 0. The van der Waals surface area contributed by atoms with Crippen LogP contribution in [0.5, 0.6) is 0 Å². The lowest BCUT2D eigenvalue weighted by Gasteiger charge is -2.07. The fourth-order valence-electron chi connectivity index (χ4n) is 1.62. The first kappa shape index (κ1) is 13.2. The molecule has 1 aromatic rings. The zero-order valence-corrected chi connectivity index (χ0v) is 10.1. The number of hydrogen-bond donors (Lipinski definition) is 0. The molecule has 1 rings (SSSR count). The Morgan fingerprint density at radius 3 is 2.53 bits per heavy atom. The molecule has 0 unspecified atom stereocenters. The fraction of sp³-hybridized carbons (Fsp3) is 0.417. The summed E-state index contributed by atoms with van der Waals surface area (Å²) in [5, 5.41) is 10.7. The van der Waals surface area contributed by atoms with Gasteiger partial charge in [0.25, 0.3) is 5.69 Å². The van der Waals surface area contributed by atoms with Gasteiger partial charge in [-0.1, -0.05) is 0 Å². The van der Waals surface area contributed by atoms with Gasteiger partial charge >= 0.3 is 5.97 Å². The summed E-state index contributed by atoms with van der Waals surface area (Å²) < 4.78 is 4.85. The molecule has 0 amide bonds. The lowest BCUT2D eigenvalue weighted by atomic mass is 10.0. The molecule has 0 aliphatic carbocycles. The van der Waals surface area contributed by atoms with Crippen LogP contribution in [0.25, 0.3) is 0 Å². The van der Waals surface area contributed by atoms with Crippen LogP contribution in [0.1, 0.15) is 23.6 Å². The Balaban J connectivity index is 2.99. The van der Waals surface area contributed by atoms with Crippen molar-refractivity contribution in [2.24, 2.45) is 0 Å². The molecule has 1 aromatic carbocycles. The molecule has 92 valence electrons. The third kappa shape index (κ3) is 3.27. The first-order chi connectivity index (χ1) is 7.95. The third-order valence-electron chi connectivity index (χ3n) is 2.49. The summed E-state index contributed by atoms with van der Waals surface area (Å²) in [6, 6.07) is 3.16. The highest BCUT2D eigenvalue weighted by atomic mass is 16.6. The Kier molecular flexibility index (Phi) is 4.20. The molecular weight excluding hydrogens is 222 g/mol. The van der Waals surface area contributed by atoms with Crippen LogP contribution in [0.3, 0.4) is 0 Å². The smallest absolute Gasteiger partial charge is 0.310 e. The number of aryl methyl sites for hydroxylation is 2. The Morgan fingerprint density at radius 2 is 2.00 bits per heavy atom. The molecule has 0 bridgehead atoms. The zero-order valence-electron chi connectivity index (χ0n) is 10.1. The average Bonchev–Trinajstić information content (AvgIpc) is 2.22. The molecule has 0 N–H and O–H groups in total. The van der Waals surface area contributed by atoms with E-state index in [2.05, 4.69) is 0 Å². The summed E-state index contributed by atoms with van der Waals surface area (Å²) in [6.07, 6.45) is 0.151. The van der Waals surface area contributed by atoms with E-state index in [1.54, 1.807) is 26.8 Å². The topological polar surface area (TPSA) is 69.4 Å². The SMILES string of the molecule is CCOC(=O)Cc1cc(C)c([N+](=O)[O-])cc1C. The van der Waals surface area contributed by atoms with Gasteiger partial charge < -0.3 is 4.74 Å². The number of ether oxygens (including phenoxy) is 1. The molecule has 0 aromatic heterocycles. The number of benzene rings is 1. The number of esters is 1. The van der Waals surface area contributed by atoms with Crippen LogP contribution in [0, 0.1) is 24.0 Å². The van der Waals surface area contributed by atoms with Crippen molar-refractivity contribution in [1.29, 1.82) is 0 Å². The van der Waals surface area contributed by atoms with Gasteiger partial charge in [-0.25, -0.2) is 0 Å². The fourth-order valence-corrected chi connectivity index (χ4v) is 1.62. The van der Waals surface area contributed by atoms with Crippen molar-refractivity contribution >= 4 is 11.7 Å². The maximum Gasteiger partial charge on any atom is 0.310 e. The number of rotatable bonds is 4. The van der Waals surface area contributed by atoms with Crippen molar-refractivity contribution in [2.45, 2.75) is 27.2 Å². The molecular formula is C12H15NO4. The highest BCUT2D eigenvalue weighted by Gasteiger charge is 2.15. The second kappa shape index (κ2) is 5.43. The van der Waals surface area contributed by atoms with Gasteiger partial charge in [0, 0.05) is 11.6 Å². The number of carbonyl (C=O) groups excluding carboxylic acids is 1. The molecule has 17 heavy (non-hydrogen) atoms. The summed E-state index contributed by atoms with van der Waals surface area (Å²) in [5.74, 6) is -0.316. The summed E-state index contributed by atoms with van der Waals surface area (Å²) in [5.41, 5.74) is 2.14. The molecule has 0 saturated carbocycles. The van der Waals surface area contributed by atoms with Crippen molar-refractivity contribution in [1.82, 2.24) is 0 Å². The summed E-state index contributed by atoms with van der Waals surface area (Å²) in [4.78, 5) is 21.6. The van der Waals surface area contributed by atoms with E-state index in [4.69, 9.17) is 4.74 Å². The zero-order chi connectivity index (χ0) is 13.0. The van der Waals surface area contributed by atoms with Crippen LogP contribution < -0.4 is 0 Å². The van der Waals surface area contributed by atoms with Gasteiger partial charge in [0.15, 0.2) is 0 Å². The predicted octanol–water partition coefficient (Wildman–Crippen LogP) is 2.32. The highest BCUT2D eigenvalue weighted by molar-refractivity contribution is 5.73. The average molecular weight is 237 g/mol. The molecule has 0 atom stereocenters. The normalized spacial score (nSPS) is 10.1. The summed E-state index contributed by atoms with van der Waals surface area (Å²) in [6.45, 7) is 5.49. The maximum atomic E-state index is 11.3. The Labute approximate surface area is 99.5 Å². The van der Waals surface area contributed by atoms with Crippen LogP contribution in [-0.4, -0.2) is 17.5 Å². The molecule has 0 fully saturated rings. The first-order valence-corrected chi connectivity index (χ1v) is 5.35. The van der Waals surface area contributed by atoms with Crippen molar-refractivity contribution in [3.05, 3.63) is 38.9 Å². The molecule has 0 spiro atoms. The second-order valence-electron chi connectivity index (χ2n) is 3.80. The van der Waals surface area contributed by atoms with Crippen LogP contribution >= 0.6 is 0 Å². The van der Waals surface area contributed by atoms with E-state index in [0.29, 0.717) is 12.2 Å². The van der Waals surface area contributed by atoms with Crippen molar-refractivity contribution in [3.8, 4) is 0 Å². The minimum absolute atomic E-state index is 0.0788. The Hall–Kier alpha value is -1.91. The van der Waals surface area contributed by atoms with E-state index in [-0.39, 0.29) is 18.1 Å². The van der Waals surface area contributed by atoms with Gasteiger partial charge in [-0.3, -0.25) is 14.9 Å². The van der Waals surface area contributed by atoms with Gasteiger partial charge in [0.2, 0.25) is 0 Å². The molecule has 0 radical (unpaired) electrons. The van der Waals surface area contributed by atoms with Crippen LogP contribution in [0.2, 0.25) is 0 Å². The van der Waals surface area contributed by atoms with E-state index in [1.807, 2.05) is 0 Å². The highest BCUT2D eigenvalue weighted by Crippen LogP contribution is 2.23. The number of nitro groups is 1. The van der Waals surface area contributed by atoms with E-state index < -0.39 is 4.92 Å². The second-order valence-corrected chi connectivity index (χ2v) is 3.80. The van der Waals surface area contributed by atoms with Crippen molar-refractivity contribution < 1.29 is 14.5 Å². The monoisotopic (exact) mass is 237 g/mol. The van der Waals surface area contributed by atoms with Crippen molar-refractivity contribution in [2.75, 3.05) is 6.61 Å². The summed E-state index contributed by atoms with van der Waals surface area (Å²) in [7, 11) is 0. The lowest BCUT2D eigenvalue weighted by Crippen LogP contribution is -2.09. The quantitative estimate of drug-likeness (QED) is 0.457. The Morgan fingerprint density at radius 1 is 1.35 bits per heavy atom. The van der Waals surface area contributed by atoms with Gasteiger partial charge in [-0.05, 0) is 38.0 Å². The largest absolute Gasteiger partial charge is 0.466 e. The van der Waals surface area contributed by atoms with Gasteiger partial charge in [-0.15, -0.1) is 0 Å². The van der Waals surface area contributed by atoms with E-state index in [9.17, 15) is 14.9 Å². The maximum absolute atomic E-state index is 11.3. The minimum atomic E-state index is -0.420. The van der Waals surface area contributed by atoms with Gasteiger partial charge in [0.05, 0.1) is 18.0 Å². The van der Waals surface area contributed by atoms with Crippen LogP contribution in [0.15, 0.2) is 12.1 Å². The molecule has 0 saturated heterocycles. The number of carbonyl (C=O) groups is 1. The number of hydrogen-bond acceptors (Lipinski definition) is 4. The van der Waals surface area contributed by atoms with Gasteiger partial charge in [-0.2, -0.15) is 0 Å². The van der Waals surface area contributed by atoms with Crippen molar-refractivity contribution in [3.63, 3.8) is 0 Å². The predicted molar refractivity (Wildman–Crippen MR) is 62.9 cm³/mol. The van der Waals surface area contributed by atoms with Gasteiger partial charge in [0.1, 0.15) is 0 Å². The number of nitro benzene ring substituents is 1. The first-order valence-electron chi connectivity index (χ1n) is 5.35. The Bertz CT molecular complexity index is 454. The van der Waals surface area contributed by atoms with E-state index in [0.717, 1.165) is 11.1 Å². The number of nitrogens with zero attached hydrogens (tertiary/aromatic N) is 1. The molecule has 0 aliphatic rings. The molecule has 0 aliphatic heterocycles. The van der Waals surface area contributed by atoms with Crippen LogP contribution in [-0.2, 0) is 16.0 Å². The van der Waals surface area contributed by atoms with Crippen LogP contribution in [0.4, 0.5) is 5.69 Å². The van der Waals surface area contributed by atoms with E-state index in [1.165, 1.54) is 6.07 Å². The van der Waals surface area contributed by atoms with E-state index >= 15 is 0 Å². The standard InChI is InChI=1S/C12H15NO4/c1-4-17-12(14)7-10-5-9(3)11(13(15)16)6-8(10)2/h5-6H,4,7H2,1-3H3. The minimum Gasteiger partial charge on any atom is -0.466 e.